The van der Waals surface area contributed by atoms with Crippen LogP contribution in [0.5, 0.6) is 0 Å². The number of likely N-dealkylation sites (tertiary alicyclic amines) is 1. The first kappa shape index (κ1) is 19.2. The summed E-state index contributed by atoms with van der Waals surface area (Å²) in [6.07, 6.45) is 3.29. The Balaban J connectivity index is 0.00000208. The first-order valence-electron chi connectivity index (χ1n) is 8.04. The number of carbonyl (C=O) groups excluding carboxylic acids is 1. The van der Waals surface area contributed by atoms with Crippen molar-refractivity contribution in [1.82, 2.24) is 4.90 Å². The van der Waals surface area contributed by atoms with E-state index in [1.165, 1.54) is 12.3 Å². The summed E-state index contributed by atoms with van der Waals surface area (Å²) in [7, 11) is -3.34. The number of benzene rings is 1. The van der Waals surface area contributed by atoms with Gasteiger partial charge in [-0.3, -0.25) is 4.79 Å². The van der Waals surface area contributed by atoms with E-state index in [2.05, 4.69) is 0 Å². The molecule has 1 saturated heterocycles. The molecule has 3 rings (SSSR count). The Morgan fingerprint density at radius 1 is 1.21 bits per heavy atom. The monoisotopic (exact) mass is 372 g/mol. The molecule has 24 heavy (non-hydrogen) atoms. The van der Waals surface area contributed by atoms with Gasteiger partial charge in [-0.1, -0.05) is 0 Å². The molecule has 0 spiro atoms. The number of carbonyl (C=O) groups is 1. The van der Waals surface area contributed by atoms with Crippen LogP contribution in [0.3, 0.4) is 0 Å². The Morgan fingerprint density at radius 2 is 1.88 bits per heavy atom. The van der Waals surface area contributed by atoms with Gasteiger partial charge in [0.1, 0.15) is 0 Å². The van der Waals surface area contributed by atoms with Gasteiger partial charge in [0.05, 0.1) is 4.90 Å². The molecular formula is C17H25ClN2O3S. The number of fused-ring (bicyclic) bond motifs is 1. The van der Waals surface area contributed by atoms with Crippen molar-refractivity contribution in [2.45, 2.75) is 37.6 Å². The van der Waals surface area contributed by atoms with Crippen LogP contribution >= 0.6 is 12.4 Å². The molecule has 1 aliphatic carbocycles. The summed E-state index contributed by atoms with van der Waals surface area (Å²) in [4.78, 5) is 15.0. The van der Waals surface area contributed by atoms with E-state index >= 15 is 0 Å². The molecule has 1 aliphatic heterocycles. The van der Waals surface area contributed by atoms with Gasteiger partial charge < -0.3 is 10.6 Å². The van der Waals surface area contributed by atoms with E-state index in [4.69, 9.17) is 5.73 Å². The lowest BCUT2D eigenvalue weighted by Gasteiger charge is -2.21. The number of sulfone groups is 1. The summed E-state index contributed by atoms with van der Waals surface area (Å²) in [6.45, 7) is 5.14. The van der Waals surface area contributed by atoms with Crippen LogP contribution in [0.25, 0.3) is 0 Å². The molecule has 1 aromatic carbocycles. The van der Waals surface area contributed by atoms with Crippen LogP contribution < -0.4 is 5.73 Å². The van der Waals surface area contributed by atoms with Crippen LogP contribution in [0.2, 0.25) is 0 Å². The molecule has 2 fully saturated rings. The molecule has 0 aromatic heterocycles. The summed E-state index contributed by atoms with van der Waals surface area (Å²) in [5, 5.41) is 0. The standard InChI is InChI=1S/C17H24N2O3S.ClH/c1-10-6-13(23(3,21)22)7-14(11(10)2)17(20)19-8-12-4-5-16(18)15(12)9-19;/h6-7,12,15-16H,4-5,8-9,18H2,1-3H3;1H. The van der Waals surface area contributed by atoms with Crippen molar-refractivity contribution in [3.8, 4) is 0 Å². The lowest BCUT2D eigenvalue weighted by atomic mass is 9.98. The highest BCUT2D eigenvalue weighted by molar-refractivity contribution is 7.90. The van der Waals surface area contributed by atoms with Crippen LogP contribution in [0.1, 0.15) is 34.3 Å². The third-order valence-corrected chi connectivity index (χ3v) is 6.59. The molecular weight excluding hydrogens is 348 g/mol. The van der Waals surface area contributed by atoms with Crippen molar-refractivity contribution >= 4 is 28.2 Å². The fourth-order valence-corrected chi connectivity index (χ4v) is 4.63. The lowest BCUT2D eigenvalue weighted by molar-refractivity contribution is 0.0778. The fraction of sp³-hybridized carbons (Fsp3) is 0.588. The second-order valence-electron chi connectivity index (χ2n) is 7.06. The smallest absolute Gasteiger partial charge is 0.254 e. The molecule has 0 radical (unpaired) electrons. The van der Waals surface area contributed by atoms with E-state index in [9.17, 15) is 13.2 Å². The van der Waals surface area contributed by atoms with Crippen molar-refractivity contribution in [2.75, 3.05) is 19.3 Å². The normalized spacial score (nSPS) is 26.2. The van der Waals surface area contributed by atoms with Gasteiger partial charge in [0.15, 0.2) is 9.84 Å². The van der Waals surface area contributed by atoms with Crippen molar-refractivity contribution in [3.05, 3.63) is 28.8 Å². The molecule has 3 atom stereocenters. The van der Waals surface area contributed by atoms with Crippen molar-refractivity contribution < 1.29 is 13.2 Å². The summed E-state index contributed by atoms with van der Waals surface area (Å²) in [5.41, 5.74) is 8.31. The minimum atomic E-state index is -3.34. The van der Waals surface area contributed by atoms with Gasteiger partial charge in [-0.25, -0.2) is 8.42 Å². The number of nitrogens with two attached hydrogens (primary N) is 1. The highest BCUT2D eigenvalue weighted by atomic mass is 35.5. The maximum absolute atomic E-state index is 12.9. The third kappa shape index (κ3) is 3.32. The van der Waals surface area contributed by atoms with Crippen LogP contribution in [0.4, 0.5) is 0 Å². The Bertz CT molecular complexity index is 763. The summed E-state index contributed by atoms with van der Waals surface area (Å²) >= 11 is 0. The van der Waals surface area contributed by atoms with Gasteiger partial charge in [0.2, 0.25) is 0 Å². The third-order valence-electron chi connectivity index (χ3n) is 5.50. The largest absolute Gasteiger partial charge is 0.338 e. The zero-order valence-corrected chi connectivity index (χ0v) is 15.9. The predicted octanol–water partition coefficient (Wildman–Crippen LogP) is 1.94. The van der Waals surface area contributed by atoms with E-state index in [0.717, 1.165) is 30.5 Å². The number of hydrogen-bond donors (Lipinski definition) is 1. The SMILES string of the molecule is Cc1cc(S(C)(=O)=O)cc(C(=O)N2CC3CCC(N)C3C2)c1C.Cl. The summed E-state index contributed by atoms with van der Waals surface area (Å²) in [6, 6.07) is 3.34. The molecule has 134 valence electrons. The molecule has 1 aromatic rings. The first-order valence-corrected chi connectivity index (χ1v) is 9.93. The van der Waals surface area contributed by atoms with Crippen LogP contribution in [0, 0.1) is 25.7 Å². The van der Waals surface area contributed by atoms with Gasteiger partial charge >= 0.3 is 0 Å². The van der Waals surface area contributed by atoms with Gasteiger partial charge in [0, 0.05) is 31.0 Å². The highest BCUT2D eigenvalue weighted by Gasteiger charge is 2.42. The number of hydrogen-bond acceptors (Lipinski definition) is 4. The highest BCUT2D eigenvalue weighted by Crippen LogP contribution is 2.38. The average Bonchev–Trinajstić information content (AvgIpc) is 3.02. The minimum absolute atomic E-state index is 0. The second kappa shape index (κ2) is 6.65. The van der Waals surface area contributed by atoms with E-state index in [1.807, 2.05) is 18.7 Å². The molecule has 3 unspecified atom stereocenters. The van der Waals surface area contributed by atoms with Gasteiger partial charge in [-0.2, -0.15) is 0 Å². The fourth-order valence-electron chi connectivity index (χ4n) is 3.91. The Morgan fingerprint density at radius 3 is 2.46 bits per heavy atom. The predicted molar refractivity (Wildman–Crippen MR) is 96.4 cm³/mol. The Hall–Kier alpha value is -1.11. The van der Waals surface area contributed by atoms with E-state index in [0.29, 0.717) is 23.9 Å². The Kier molecular flexibility index (Phi) is 5.33. The van der Waals surface area contributed by atoms with Gasteiger partial charge in [-0.15, -0.1) is 12.4 Å². The quantitative estimate of drug-likeness (QED) is 0.860. The number of nitrogens with zero attached hydrogens (tertiary/aromatic N) is 1. The number of aryl methyl sites for hydroxylation is 1. The molecule has 1 amide bonds. The maximum Gasteiger partial charge on any atom is 0.254 e. The van der Waals surface area contributed by atoms with Crippen LogP contribution in [-0.2, 0) is 9.84 Å². The first-order chi connectivity index (χ1) is 10.7. The van der Waals surface area contributed by atoms with E-state index in [1.54, 1.807) is 6.07 Å². The number of amides is 1. The van der Waals surface area contributed by atoms with Crippen LogP contribution in [-0.4, -0.2) is 44.6 Å². The summed E-state index contributed by atoms with van der Waals surface area (Å²) < 4.78 is 23.7. The van der Waals surface area contributed by atoms with Crippen LogP contribution in [0.15, 0.2) is 17.0 Å². The zero-order chi connectivity index (χ0) is 16.9. The number of rotatable bonds is 2. The molecule has 7 heteroatoms. The van der Waals surface area contributed by atoms with E-state index in [-0.39, 0.29) is 29.3 Å². The molecule has 5 nitrogen and oxygen atoms in total. The number of halogens is 1. The molecule has 1 heterocycles. The summed E-state index contributed by atoms with van der Waals surface area (Å²) in [5.74, 6) is 0.810. The average molecular weight is 373 g/mol. The maximum atomic E-state index is 12.9. The molecule has 2 N–H and O–H groups in total. The van der Waals surface area contributed by atoms with Gasteiger partial charge in [-0.05, 0) is 61.8 Å². The molecule has 1 saturated carbocycles. The van der Waals surface area contributed by atoms with Gasteiger partial charge in [0.25, 0.3) is 5.91 Å². The minimum Gasteiger partial charge on any atom is -0.338 e. The van der Waals surface area contributed by atoms with Crippen molar-refractivity contribution in [2.24, 2.45) is 17.6 Å². The molecule has 0 bridgehead atoms. The van der Waals surface area contributed by atoms with E-state index < -0.39 is 9.84 Å². The Labute approximate surface area is 149 Å². The lowest BCUT2D eigenvalue weighted by Crippen LogP contribution is -2.34. The molecule has 2 aliphatic rings. The second-order valence-corrected chi connectivity index (χ2v) is 9.08. The zero-order valence-electron chi connectivity index (χ0n) is 14.3. The van der Waals surface area contributed by atoms with Crippen molar-refractivity contribution in [1.29, 1.82) is 0 Å². The topological polar surface area (TPSA) is 80.5 Å². The van der Waals surface area contributed by atoms with Crippen molar-refractivity contribution in [3.63, 3.8) is 0 Å².